The number of ether oxygens (including phenoxy) is 1. The highest BCUT2D eigenvalue weighted by Gasteiger charge is 2.35. The molecule has 0 saturated carbocycles. The summed E-state index contributed by atoms with van der Waals surface area (Å²) in [4.78, 5) is 14.3. The lowest BCUT2D eigenvalue weighted by Gasteiger charge is -2.42. The Morgan fingerprint density at radius 1 is 1.58 bits per heavy atom. The van der Waals surface area contributed by atoms with Gasteiger partial charge in [0, 0.05) is 23.1 Å². The van der Waals surface area contributed by atoms with Gasteiger partial charge in [-0.1, -0.05) is 22.0 Å². The van der Waals surface area contributed by atoms with Crippen molar-refractivity contribution in [3.63, 3.8) is 0 Å². The Hall–Kier alpha value is -0.580. The molecule has 1 heterocycles. The second-order valence-corrected chi connectivity index (χ2v) is 6.57. The molecule has 3 nitrogen and oxygen atoms in total. The Balaban J connectivity index is 2.18. The van der Waals surface area contributed by atoms with Crippen LogP contribution >= 0.6 is 27.5 Å². The Bertz CT molecular complexity index is 478. The standard InChI is InChI=1S/C14H17BrClNO2/c1-14(2)9-17(8-12(7-16)19-14)13(18)10-4-3-5-11(15)6-10/h3-6,12H,7-9H2,1-2H3. The van der Waals surface area contributed by atoms with Crippen molar-refractivity contribution in [2.24, 2.45) is 0 Å². The summed E-state index contributed by atoms with van der Waals surface area (Å²) in [6.07, 6.45) is -0.110. The largest absolute Gasteiger partial charge is 0.367 e. The number of halogens is 2. The normalized spacial score (nSPS) is 22.3. The average Bonchev–Trinajstić information content (AvgIpc) is 2.36. The van der Waals surface area contributed by atoms with Crippen LogP contribution in [0.15, 0.2) is 28.7 Å². The van der Waals surface area contributed by atoms with Gasteiger partial charge in [0.05, 0.1) is 17.6 Å². The van der Waals surface area contributed by atoms with Gasteiger partial charge in [-0.25, -0.2) is 0 Å². The van der Waals surface area contributed by atoms with Gasteiger partial charge in [0.2, 0.25) is 0 Å². The lowest BCUT2D eigenvalue weighted by atomic mass is 10.0. The molecule has 0 spiro atoms. The number of morpholine rings is 1. The van der Waals surface area contributed by atoms with E-state index in [0.29, 0.717) is 24.5 Å². The van der Waals surface area contributed by atoms with Crippen molar-refractivity contribution >= 4 is 33.4 Å². The van der Waals surface area contributed by atoms with Crippen LogP contribution in [-0.4, -0.2) is 41.5 Å². The summed E-state index contributed by atoms with van der Waals surface area (Å²) < 4.78 is 6.73. The SMILES string of the molecule is CC1(C)CN(C(=O)c2cccc(Br)c2)CC(CCl)O1. The molecule has 1 aromatic carbocycles. The van der Waals surface area contributed by atoms with Crippen LogP contribution in [0.5, 0.6) is 0 Å². The zero-order valence-corrected chi connectivity index (χ0v) is 13.4. The number of rotatable bonds is 2. The molecule has 1 aliphatic rings. The highest BCUT2D eigenvalue weighted by Crippen LogP contribution is 2.23. The molecule has 1 amide bonds. The molecule has 0 radical (unpaired) electrons. The van der Waals surface area contributed by atoms with Crippen LogP contribution in [0.2, 0.25) is 0 Å². The number of nitrogens with zero attached hydrogens (tertiary/aromatic N) is 1. The van der Waals surface area contributed by atoms with Crippen molar-refractivity contribution in [2.45, 2.75) is 25.6 Å². The molecular weight excluding hydrogens is 330 g/mol. The molecule has 0 aromatic heterocycles. The minimum absolute atomic E-state index is 0.0211. The van der Waals surface area contributed by atoms with E-state index in [4.69, 9.17) is 16.3 Å². The van der Waals surface area contributed by atoms with E-state index in [1.54, 1.807) is 0 Å². The molecule has 19 heavy (non-hydrogen) atoms. The van der Waals surface area contributed by atoms with Gasteiger partial charge in [-0.05, 0) is 32.0 Å². The second kappa shape index (κ2) is 5.81. The summed E-state index contributed by atoms with van der Waals surface area (Å²) in [5.41, 5.74) is 0.319. The molecule has 104 valence electrons. The Morgan fingerprint density at radius 2 is 2.32 bits per heavy atom. The van der Waals surface area contributed by atoms with Crippen molar-refractivity contribution in [1.82, 2.24) is 4.90 Å². The first-order valence-electron chi connectivity index (χ1n) is 6.20. The Kier molecular flexibility index (Phi) is 4.54. The van der Waals surface area contributed by atoms with Crippen molar-refractivity contribution in [2.75, 3.05) is 19.0 Å². The van der Waals surface area contributed by atoms with Crippen LogP contribution in [0.4, 0.5) is 0 Å². The van der Waals surface area contributed by atoms with E-state index in [9.17, 15) is 4.79 Å². The molecule has 1 unspecified atom stereocenters. The maximum Gasteiger partial charge on any atom is 0.254 e. The molecular formula is C14H17BrClNO2. The summed E-state index contributed by atoms with van der Waals surface area (Å²) in [7, 11) is 0. The predicted molar refractivity (Wildman–Crippen MR) is 79.7 cm³/mol. The first-order valence-corrected chi connectivity index (χ1v) is 7.53. The second-order valence-electron chi connectivity index (χ2n) is 5.35. The fourth-order valence-electron chi connectivity index (χ4n) is 2.33. The van der Waals surface area contributed by atoms with Gasteiger partial charge in [0.25, 0.3) is 5.91 Å². The summed E-state index contributed by atoms with van der Waals surface area (Å²) in [5, 5.41) is 0. The first-order chi connectivity index (χ1) is 8.91. The average molecular weight is 347 g/mol. The summed E-state index contributed by atoms with van der Waals surface area (Å²) in [6, 6.07) is 7.43. The number of amides is 1. The van der Waals surface area contributed by atoms with E-state index in [0.717, 1.165) is 4.47 Å². The van der Waals surface area contributed by atoms with E-state index in [1.165, 1.54) is 0 Å². The van der Waals surface area contributed by atoms with Gasteiger partial charge in [-0.3, -0.25) is 4.79 Å². The van der Waals surface area contributed by atoms with Gasteiger partial charge in [0.1, 0.15) is 0 Å². The van der Waals surface area contributed by atoms with Gasteiger partial charge in [-0.15, -0.1) is 11.6 Å². The Morgan fingerprint density at radius 3 is 2.95 bits per heavy atom. The van der Waals surface area contributed by atoms with Crippen molar-refractivity contribution < 1.29 is 9.53 Å². The van der Waals surface area contributed by atoms with E-state index >= 15 is 0 Å². The van der Waals surface area contributed by atoms with Gasteiger partial charge in [0.15, 0.2) is 0 Å². The topological polar surface area (TPSA) is 29.5 Å². The Labute approximate surface area is 127 Å². The lowest BCUT2D eigenvalue weighted by molar-refractivity contribution is -0.117. The highest BCUT2D eigenvalue weighted by molar-refractivity contribution is 9.10. The molecule has 0 N–H and O–H groups in total. The van der Waals surface area contributed by atoms with Crippen LogP contribution in [0, 0.1) is 0 Å². The van der Waals surface area contributed by atoms with Gasteiger partial charge >= 0.3 is 0 Å². The molecule has 0 aliphatic carbocycles. The van der Waals surface area contributed by atoms with Gasteiger partial charge < -0.3 is 9.64 Å². The number of alkyl halides is 1. The number of carbonyl (C=O) groups excluding carboxylic acids is 1. The maximum absolute atomic E-state index is 12.5. The van der Waals surface area contributed by atoms with Crippen LogP contribution < -0.4 is 0 Å². The maximum atomic E-state index is 12.5. The third-order valence-electron chi connectivity index (χ3n) is 3.01. The summed E-state index contributed by atoms with van der Waals surface area (Å²) >= 11 is 9.26. The van der Waals surface area contributed by atoms with E-state index in [2.05, 4.69) is 15.9 Å². The van der Waals surface area contributed by atoms with Crippen molar-refractivity contribution in [3.05, 3.63) is 34.3 Å². The van der Waals surface area contributed by atoms with Crippen molar-refractivity contribution in [3.8, 4) is 0 Å². The predicted octanol–water partition coefficient (Wildman–Crippen LogP) is 3.31. The molecule has 1 fully saturated rings. The van der Waals surface area contributed by atoms with Gasteiger partial charge in [-0.2, -0.15) is 0 Å². The number of hydrogen-bond donors (Lipinski definition) is 0. The van der Waals surface area contributed by atoms with Crippen molar-refractivity contribution in [1.29, 1.82) is 0 Å². The molecule has 0 bridgehead atoms. The molecule has 2 rings (SSSR count). The molecule has 5 heteroatoms. The van der Waals surface area contributed by atoms with E-state index in [-0.39, 0.29) is 17.6 Å². The summed E-state index contributed by atoms with van der Waals surface area (Å²) in [5.74, 6) is 0.416. The fourth-order valence-corrected chi connectivity index (χ4v) is 2.89. The summed E-state index contributed by atoms with van der Waals surface area (Å²) in [6.45, 7) is 5.07. The third kappa shape index (κ3) is 3.71. The minimum Gasteiger partial charge on any atom is -0.367 e. The first kappa shape index (κ1) is 14.8. The lowest BCUT2D eigenvalue weighted by Crippen LogP contribution is -2.55. The van der Waals surface area contributed by atoms with Crippen LogP contribution in [0.25, 0.3) is 0 Å². The zero-order valence-electron chi connectivity index (χ0n) is 11.0. The minimum atomic E-state index is -0.362. The zero-order chi connectivity index (χ0) is 14.0. The third-order valence-corrected chi connectivity index (χ3v) is 3.85. The van der Waals surface area contributed by atoms with Crippen LogP contribution in [0.3, 0.4) is 0 Å². The van der Waals surface area contributed by atoms with E-state index in [1.807, 2.05) is 43.0 Å². The quantitative estimate of drug-likeness (QED) is 0.769. The molecule has 1 atom stereocenters. The monoisotopic (exact) mass is 345 g/mol. The molecule has 1 aliphatic heterocycles. The smallest absolute Gasteiger partial charge is 0.254 e. The number of benzene rings is 1. The number of hydrogen-bond acceptors (Lipinski definition) is 2. The highest BCUT2D eigenvalue weighted by atomic mass is 79.9. The fraction of sp³-hybridized carbons (Fsp3) is 0.500. The molecule has 1 saturated heterocycles. The van der Waals surface area contributed by atoms with Crippen LogP contribution in [0.1, 0.15) is 24.2 Å². The molecule has 1 aromatic rings. The van der Waals surface area contributed by atoms with E-state index < -0.39 is 0 Å². The number of carbonyl (C=O) groups is 1. The van der Waals surface area contributed by atoms with Crippen LogP contribution in [-0.2, 0) is 4.74 Å².